The predicted octanol–water partition coefficient (Wildman–Crippen LogP) is 0.271. The predicted molar refractivity (Wildman–Crippen MR) is 135 cm³/mol. The molecule has 0 fully saturated rings. The normalized spacial score (nSPS) is 14.8. The van der Waals surface area contributed by atoms with E-state index in [0.717, 1.165) is 16.5 Å². The molecule has 4 unspecified atom stereocenters. The van der Waals surface area contributed by atoms with Crippen LogP contribution < -0.4 is 21.7 Å². The Balaban J connectivity index is 2.25. The zero-order valence-corrected chi connectivity index (χ0v) is 21.1. The molecule has 3 amide bonds. The highest BCUT2D eigenvalue weighted by Gasteiger charge is 2.31. The van der Waals surface area contributed by atoms with Gasteiger partial charge in [0.1, 0.15) is 18.1 Å². The summed E-state index contributed by atoms with van der Waals surface area (Å²) >= 11 is 0. The minimum Gasteiger partial charge on any atom is -0.480 e. The highest BCUT2D eigenvalue weighted by molar-refractivity contribution is 5.95. The minimum absolute atomic E-state index is 0.0466. The van der Waals surface area contributed by atoms with E-state index >= 15 is 0 Å². The van der Waals surface area contributed by atoms with Crippen LogP contribution in [0.25, 0.3) is 10.9 Å². The molecule has 11 heteroatoms. The Morgan fingerprint density at radius 3 is 2.14 bits per heavy atom. The lowest BCUT2D eigenvalue weighted by molar-refractivity contribution is -0.143. The summed E-state index contributed by atoms with van der Waals surface area (Å²) in [6, 6.07) is 2.88. The molecular formula is C25H37N5O6. The number of carboxylic acids is 1. The SMILES string of the molecule is CC(C)CC(N)C(=O)NC(CO)C(=O)NC(Cc1c[nH]c2ccccc12)C(=O)NC(C(=O)O)C(C)C. The molecule has 0 aliphatic rings. The number of carbonyl (C=O) groups excluding carboxylic acids is 3. The highest BCUT2D eigenvalue weighted by atomic mass is 16.4. The van der Waals surface area contributed by atoms with Crippen molar-refractivity contribution in [1.29, 1.82) is 0 Å². The van der Waals surface area contributed by atoms with Crippen LogP contribution in [0.15, 0.2) is 30.5 Å². The molecule has 36 heavy (non-hydrogen) atoms. The molecule has 198 valence electrons. The third-order valence-electron chi connectivity index (χ3n) is 5.84. The van der Waals surface area contributed by atoms with Crippen LogP contribution in [-0.4, -0.2) is 69.7 Å². The number of aromatic amines is 1. The standard InChI is InChI=1S/C25H37N5O6/c1-13(2)9-17(26)22(32)29-20(12-31)24(34)28-19(23(33)30-21(14(3)4)25(35)36)10-15-11-27-18-8-6-5-7-16(15)18/h5-8,11,13-14,17,19-21,27,31H,9-10,12,26H2,1-4H3,(H,28,34)(H,29,32)(H,30,33)(H,35,36). The van der Waals surface area contributed by atoms with E-state index in [1.165, 1.54) is 0 Å². The summed E-state index contributed by atoms with van der Waals surface area (Å²) in [5.41, 5.74) is 7.44. The third kappa shape index (κ3) is 7.79. The van der Waals surface area contributed by atoms with Crippen molar-refractivity contribution in [3.63, 3.8) is 0 Å². The molecule has 4 atom stereocenters. The minimum atomic E-state index is -1.34. The topological polar surface area (TPSA) is 187 Å². The van der Waals surface area contributed by atoms with Crippen LogP contribution in [0.5, 0.6) is 0 Å². The number of hydrogen-bond donors (Lipinski definition) is 7. The second kappa shape index (κ2) is 13.0. The van der Waals surface area contributed by atoms with E-state index < -0.39 is 60.4 Å². The van der Waals surface area contributed by atoms with Crippen molar-refractivity contribution in [2.45, 2.75) is 64.7 Å². The van der Waals surface area contributed by atoms with Gasteiger partial charge in [-0.3, -0.25) is 14.4 Å². The Morgan fingerprint density at radius 1 is 0.944 bits per heavy atom. The third-order valence-corrected chi connectivity index (χ3v) is 5.84. The number of rotatable bonds is 13. The van der Waals surface area contributed by atoms with Crippen molar-refractivity contribution < 1.29 is 29.4 Å². The molecule has 0 saturated heterocycles. The van der Waals surface area contributed by atoms with Crippen molar-refractivity contribution in [3.05, 3.63) is 36.0 Å². The number of nitrogens with one attached hydrogen (secondary N) is 4. The number of aliphatic hydroxyl groups is 1. The fourth-order valence-electron chi connectivity index (χ4n) is 3.86. The van der Waals surface area contributed by atoms with Crippen LogP contribution in [0.2, 0.25) is 0 Å². The Morgan fingerprint density at radius 2 is 1.56 bits per heavy atom. The number of fused-ring (bicyclic) bond motifs is 1. The Bertz CT molecular complexity index is 1070. The van der Waals surface area contributed by atoms with Gasteiger partial charge in [0, 0.05) is 23.5 Å². The van der Waals surface area contributed by atoms with Crippen molar-refractivity contribution in [2.24, 2.45) is 17.6 Å². The highest BCUT2D eigenvalue weighted by Crippen LogP contribution is 2.19. The molecule has 0 saturated carbocycles. The zero-order chi connectivity index (χ0) is 27.0. The molecule has 1 heterocycles. The van der Waals surface area contributed by atoms with Crippen LogP contribution in [0.3, 0.4) is 0 Å². The molecule has 2 rings (SSSR count). The van der Waals surface area contributed by atoms with Gasteiger partial charge in [-0.05, 0) is 29.9 Å². The van der Waals surface area contributed by atoms with E-state index in [2.05, 4.69) is 20.9 Å². The van der Waals surface area contributed by atoms with Crippen LogP contribution >= 0.6 is 0 Å². The summed E-state index contributed by atoms with van der Waals surface area (Å²) in [5, 5.41) is 27.6. The molecule has 0 radical (unpaired) electrons. The number of carboxylic acid groups (broad SMARTS) is 1. The van der Waals surface area contributed by atoms with E-state index in [1.54, 1.807) is 20.0 Å². The molecule has 2 aromatic rings. The van der Waals surface area contributed by atoms with Gasteiger partial charge in [0.2, 0.25) is 17.7 Å². The summed E-state index contributed by atoms with van der Waals surface area (Å²) in [6.07, 6.45) is 2.15. The largest absolute Gasteiger partial charge is 0.480 e. The molecule has 1 aromatic heterocycles. The summed E-state index contributed by atoms with van der Waals surface area (Å²) in [6.45, 7) is 6.41. The van der Waals surface area contributed by atoms with Gasteiger partial charge < -0.3 is 36.9 Å². The van der Waals surface area contributed by atoms with E-state index in [-0.39, 0.29) is 12.3 Å². The number of aromatic nitrogens is 1. The fraction of sp³-hybridized carbons (Fsp3) is 0.520. The number of para-hydroxylation sites is 1. The quantitative estimate of drug-likeness (QED) is 0.204. The van der Waals surface area contributed by atoms with Crippen molar-refractivity contribution >= 4 is 34.6 Å². The molecule has 0 aliphatic carbocycles. The van der Waals surface area contributed by atoms with Crippen LogP contribution in [-0.2, 0) is 25.6 Å². The van der Waals surface area contributed by atoms with Crippen molar-refractivity contribution in [1.82, 2.24) is 20.9 Å². The molecule has 8 N–H and O–H groups in total. The first-order valence-electron chi connectivity index (χ1n) is 12.0. The van der Waals surface area contributed by atoms with Gasteiger partial charge in [0.25, 0.3) is 0 Å². The lowest BCUT2D eigenvalue weighted by Crippen LogP contribution is -2.59. The van der Waals surface area contributed by atoms with Crippen LogP contribution in [0.4, 0.5) is 0 Å². The number of carbonyl (C=O) groups is 4. The maximum Gasteiger partial charge on any atom is 0.326 e. The second-order valence-corrected chi connectivity index (χ2v) is 9.67. The number of hydrogen-bond acceptors (Lipinski definition) is 6. The Labute approximate surface area is 210 Å². The van der Waals surface area contributed by atoms with Gasteiger partial charge in [0.15, 0.2) is 0 Å². The zero-order valence-electron chi connectivity index (χ0n) is 21.1. The molecule has 1 aromatic carbocycles. The number of nitrogens with two attached hydrogens (primary N) is 1. The second-order valence-electron chi connectivity index (χ2n) is 9.67. The lowest BCUT2D eigenvalue weighted by Gasteiger charge is -2.25. The van der Waals surface area contributed by atoms with Crippen molar-refractivity contribution in [3.8, 4) is 0 Å². The maximum absolute atomic E-state index is 13.2. The molecule has 0 spiro atoms. The Kier molecular flexibility index (Phi) is 10.4. The smallest absolute Gasteiger partial charge is 0.326 e. The van der Waals surface area contributed by atoms with Gasteiger partial charge in [-0.25, -0.2) is 4.79 Å². The average molecular weight is 504 g/mol. The van der Waals surface area contributed by atoms with Gasteiger partial charge in [-0.15, -0.1) is 0 Å². The first kappa shape index (κ1) is 28.8. The van der Waals surface area contributed by atoms with E-state index in [1.807, 2.05) is 38.1 Å². The Hall–Kier alpha value is -3.44. The first-order chi connectivity index (χ1) is 16.9. The monoisotopic (exact) mass is 503 g/mol. The van der Waals surface area contributed by atoms with E-state index in [9.17, 15) is 29.4 Å². The number of aliphatic hydroxyl groups excluding tert-OH is 1. The molecule has 0 aliphatic heterocycles. The molecule has 11 nitrogen and oxygen atoms in total. The molecule has 0 bridgehead atoms. The van der Waals surface area contributed by atoms with Crippen LogP contribution in [0.1, 0.15) is 39.7 Å². The lowest BCUT2D eigenvalue weighted by atomic mass is 10.0. The van der Waals surface area contributed by atoms with Gasteiger partial charge in [-0.2, -0.15) is 0 Å². The fourth-order valence-corrected chi connectivity index (χ4v) is 3.86. The maximum atomic E-state index is 13.2. The average Bonchev–Trinajstić information content (AvgIpc) is 3.21. The summed E-state index contributed by atoms with van der Waals surface area (Å²) in [4.78, 5) is 53.3. The van der Waals surface area contributed by atoms with E-state index in [0.29, 0.717) is 6.42 Å². The molecular weight excluding hydrogens is 466 g/mol. The van der Waals surface area contributed by atoms with Crippen molar-refractivity contribution in [2.75, 3.05) is 6.61 Å². The van der Waals surface area contributed by atoms with Crippen LogP contribution in [0, 0.1) is 11.8 Å². The van der Waals surface area contributed by atoms with Gasteiger partial charge >= 0.3 is 5.97 Å². The van der Waals surface area contributed by atoms with E-state index in [4.69, 9.17) is 5.73 Å². The number of H-pyrrole nitrogens is 1. The summed E-state index contributed by atoms with van der Waals surface area (Å²) in [7, 11) is 0. The summed E-state index contributed by atoms with van der Waals surface area (Å²) < 4.78 is 0. The number of benzene rings is 1. The number of aliphatic carboxylic acids is 1. The number of amides is 3. The van der Waals surface area contributed by atoms with Gasteiger partial charge in [0.05, 0.1) is 12.6 Å². The summed E-state index contributed by atoms with van der Waals surface area (Å²) in [5.74, 6) is -3.54. The van der Waals surface area contributed by atoms with Gasteiger partial charge in [-0.1, -0.05) is 45.9 Å². The first-order valence-corrected chi connectivity index (χ1v) is 12.0.